The fourth-order valence-corrected chi connectivity index (χ4v) is 3.10. The molecule has 4 heteroatoms. The van der Waals surface area contributed by atoms with Crippen molar-refractivity contribution in [3.05, 3.63) is 35.9 Å². The van der Waals surface area contributed by atoms with E-state index >= 15 is 0 Å². The number of hydrogen-bond acceptors (Lipinski definition) is 3. The minimum Gasteiger partial charge on any atom is -0.373 e. The van der Waals surface area contributed by atoms with Crippen molar-refractivity contribution in [1.29, 1.82) is 0 Å². The zero-order valence-electron chi connectivity index (χ0n) is 12.5. The van der Waals surface area contributed by atoms with Crippen LogP contribution in [0.5, 0.6) is 0 Å². The van der Waals surface area contributed by atoms with Gasteiger partial charge in [-0.1, -0.05) is 31.5 Å². The number of aromatic nitrogens is 1. The summed E-state index contributed by atoms with van der Waals surface area (Å²) in [7, 11) is 1.82. The summed E-state index contributed by atoms with van der Waals surface area (Å²) in [6, 6.07) is 9.90. The average Bonchev–Trinajstić information content (AvgIpc) is 2.91. The zero-order valence-corrected chi connectivity index (χ0v) is 12.5. The Kier molecular flexibility index (Phi) is 3.78. The molecule has 1 aromatic heterocycles. The van der Waals surface area contributed by atoms with Crippen molar-refractivity contribution in [2.24, 2.45) is 5.92 Å². The molecule has 0 spiro atoms. The molecule has 2 aromatic rings. The molecule has 0 aliphatic heterocycles. The van der Waals surface area contributed by atoms with E-state index in [9.17, 15) is 4.79 Å². The molecule has 0 bridgehead atoms. The Hall–Kier alpha value is -2.10. The lowest BCUT2D eigenvalue weighted by Crippen LogP contribution is -2.36. The molecule has 2 N–H and O–H groups in total. The van der Waals surface area contributed by atoms with Gasteiger partial charge in [0, 0.05) is 18.5 Å². The van der Waals surface area contributed by atoms with Crippen LogP contribution < -0.4 is 10.6 Å². The summed E-state index contributed by atoms with van der Waals surface area (Å²) in [6.45, 7) is 2.21. The average molecular weight is 283 g/mol. The number of carbonyl (C=O) groups is 1. The number of hydrogen-bond donors (Lipinski definition) is 2. The summed E-state index contributed by atoms with van der Waals surface area (Å²) in [5, 5.41) is 7.12. The highest BCUT2D eigenvalue weighted by Crippen LogP contribution is 2.26. The first-order chi connectivity index (χ1) is 10.2. The molecule has 1 saturated carbocycles. The first-order valence-electron chi connectivity index (χ1n) is 7.57. The SMILES string of the molecule is CNc1cc(C(=O)NC2CCCC2C)c2ccccc2n1. The predicted molar refractivity (Wildman–Crippen MR) is 85.6 cm³/mol. The Bertz CT molecular complexity index is 668. The number of benzene rings is 1. The molecule has 21 heavy (non-hydrogen) atoms. The lowest BCUT2D eigenvalue weighted by molar-refractivity contribution is 0.0931. The van der Waals surface area contributed by atoms with Gasteiger partial charge in [-0.05, 0) is 30.9 Å². The van der Waals surface area contributed by atoms with Crippen LogP contribution in [0.3, 0.4) is 0 Å². The maximum atomic E-state index is 12.7. The summed E-state index contributed by atoms with van der Waals surface area (Å²) in [6.07, 6.45) is 3.48. The van der Waals surface area contributed by atoms with Gasteiger partial charge in [0.1, 0.15) is 5.82 Å². The fraction of sp³-hybridized carbons (Fsp3) is 0.412. The molecule has 4 nitrogen and oxygen atoms in total. The first-order valence-corrected chi connectivity index (χ1v) is 7.57. The topological polar surface area (TPSA) is 54.0 Å². The molecule has 2 unspecified atom stereocenters. The van der Waals surface area contributed by atoms with E-state index in [4.69, 9.17) is 0 Å². The van der Waals surface area contributed by atoms with E-state index in [1.54, 1.807) is 0 Å². The number of pyridine rings is 1. The van der Waals surface area contributed by atoms with E-state index in [1.165, 1.54) is 12.8 Å². The summed E-state index contributed by atoms with van der Waals surface area (Å²) in [5.41, 5.74) is 1.54. The van der Waals surface area contributed by atoms with Crippen molar-refractivity contribution in [1.82, 2.24) is 10.3 Å². The molecule has 1 aliphatic rings. The van der Waals surface area contributed by atoms with E-state index < -0.39 is 0 Å². The molecule has 1 heterocycles. The number of para-hydroxylation sites is 1. The molecule has 110 valence electrons. The van der Waals surface area contributed by atoms with Crippen LogP contribution in [0.4, 0.5) is 5.82 Å². The maximum absolute atomic E-state index is 12.7. The normalized spacial score (nSPS) is 21.4. The summed E-state index contributed by atoms with van der Waals surface area (Å²) < 4.78 is 0. The largest absolute Gasteiger partial charge is 0.373 e. The minimum atomic E-state index is 0.00356. The van der Waals surface area contributed by atoms with E-state index in [2.05, 4.69) is 22.5 Å². The molecule has 2 atom stereocenters. The number of nitrogens with zero attached hydrogens (tertiary/aromatic N) is 1. The quantitative estimate of drug-likeness (QED) is 0.909. The van der Waals surface area contributed by atoms with Crippen LogP contribution in [-0.2, 0) is 0 Å². The highest BCUT2D eigenvalue weighted by atomic mass is 16.1. The Morgan fingerprint density at radius 2 is 2.10 bits per heavy atom. The standard InChI is InChI=1S/C17H21N3O/c1-11-6-5-9-14(11)20-17(21)13-10-16(18-2)19-15-8-4-3-7-12(13)15/h3-4,7-8,10-11,14H,5-6,9H2,1-2H3,(H,18,19)(H,20,21). The molecular weight excluding hydrogens is 262 g/mol. The van der Waals surface area contributed by atoms with Crippen molar-refractivity contribution in [2.75, 3.05) is 12.4 Å². The summed E-state index contributed by atoms with van der Waals surface area (Å²) in [4.78, 5) is 17.2. The van der Waals surface area contributed by atoms with Crippen molar-refractivity contribution >= 4 is 22.6 Å². The minimum absolute atomic E-state index is 0.00356. The van der Waals surface area contributed by atoms with Gasteiger partial charge in [0.25, 0.3) is 5.91 Å². The Labute approximate surface area is 125 Å². The molecule has 1 aromatic carbocycles. The van der Waals surface area contributed by atoms with Crippen LogP contribution in [0.25, 0.3) is 10.9 Å². The second-order valence-corrected chi connectivity index (χ2v) is 5.81. The molecular formula is C17H21N3O. The van der Waals surface area contributed by atoms with Gasteiger partial charge < -0.3 is 10.6 Å². The molecule has 1 aliphatic carbocycles. The lowest BCUT2D eigenvalue weighted by atomic mass is 10.0. The van der Waals surface area contributed by atoms with Gasteiger partial charge in [0.05, 0.1) is 11.1 Å². The fourth-order valence-electron chi connectivity index (χ4n) is 3.10. The lowest BCUT2D eigenvalue weighted by Gasteiger charge is -2.18. The molecule has 1 amide bonds. The maximum Gasteiger partial charge on any atom is 0.252 e. The molecule has 0 radical (unpaired) electrons. The van der Waals surface area contributed by atoms with Crippen LogP contribution in [0.2, 0.25) is 0 Å². The van der Waals surface area contributed by atoms with Gasteiger partial charge in [0.2, 0.25) is 0 Å². The van der Waals surface area contributed by atoms with Gasteiger partial charge in [-0.25, -0.2) is 4.98 Å². The van der Waals surface area contributed by atoms with Gasteiger partial charge in [-0.2, -0.15) is 0 Å². The van der Waals surface area contributed by atoms with Gasteiger partial charge in [-0.3, -0.25) is 4.79 Å². The van der Waals surface area contributed by atoms with Crippen LogP contribution in [0.15, 0.2) is 30.3 Å². The van der Waals surface area contributed by atoms with Crippen LogP contribution in [0.1, 0.15) is 36.5 Å². The van der Waals surface area contributed by atoms with Gasteiger partial charge in [-0.15, -0.1) is 0 Å². The van der Waals surface area contributed by atoms with E-state index in [-0.39, 0.29) is 5.91 Å². The van der Waals surface area contributed by atoms with Crippen molar-refractivity contribution in [3.63, 3.8) is 0 Å². The van der Waals surface area contributed by atoms with Crippen LogP contribution >= 0.6 is 0 Å². The number of rotatable bonds is 3. The second-order valence-electron chi connectivity index (χ2n) is 5.81. The monoisotopic (exact) mass is 283 g/mol. The van der Waals surface area contributed by atoms with Crippen molar-refractivity contribution in [3.8, 4) is 0 Å². The predicted octanol–water partition coefficient (Wildman–Crippen LogP) is 3.19. The molecule has 3 rings (SSSR count). The molecule has 0 saturated heterocycles. The van der Waals surface area contributed by atoms with Crippen molar-refractivity contribution in [2.45, 2.75) is 32.2 Å². The smallest absolute Gasteiger partial charge is 0.252 e. The highest BCUT2D eigenvalue weighted by Gasteiger charge is 2.25. The van der Waals surface area contributed by atoms with Gasteiger partial charge >= 0.3 is 0 Å². The van der Waals surface area contributed by atoms with Crippen molar-refractivity contribution < 1.29 is 4.79 Å². The number of amides is 1. The van der Waals surface area contributed by atoms with E-state index in [0.29, 0.717) is 17.5 Å². The van der Waals surface area contributed by atoms with E-state index in [1.807, 2.05) is 37.4 Å². The molecule has 1 fully saturated rings. The third-order valence-corrected chi connectivity index (χ3v) is 4.39. The number of anilines is 1. The number of nitrogens with one attached hydrogen (secondary N) is 2. The summed E-state index contributed by atoms with van der Waals surface area (Å²) >= 11 is 0. The van der Waals surface area contributed by atoms with Crippen LogP contribution in [-0.4, -0.2) is 24.0 Å². The second kappa shape index (κ2) is 5.72. The zero-order chi connectivity index (χ0) is 14.8. The first kappa shape index (κ1) is 13.9. The Morgan fingerprint density at radius 1 is 1.29 bits per heavy atom. The van der Waals surface area contributed by atoms with Crippen LogP contribution in [0, 0.1) is 5.92 Å². The third-order valence-electron chi connectivity index (χ3n) is 4.39. The van der Waals surface area contributed by atoms with Gasteiger partial charge in [0.15, 0.2) is 0 Å². The van der Waals surface area contributed by atoms with E-state index in [0.717, 1.165) is 23.1 Å². The Balaban J connectivity index is 1.96. The number of fused-ring (bicyclic) bond motifs is 1. The third kappa shape index (κ3) is 2.71. The summed E-state index contributed by atoms with van der Waals surface area (Å²) in [5.74, 6) is 1.29. The Morgan fingerprint density at radius 3 is 2.81 bits per heavy atom. The highest BCUT2D eigenvalue weighted by molar-refractivity contribution is 6.07. The number of carbonyl (C=O) groups excluding carboxylic acids is 1.